The lowest BCUT2D eigenvalue weighted by molar-refractivity contribution is 0.0646. The number of benzene rings is 3. The van der Waals surface area contributed by atoms with Crippen LogP contribution in [0.25, 0.3) is 16.9 Å². The van der Waals surface area contributed by atoms with Crippen LogP contribution < -0.4 is 14.8 Å². The third-order valence-corrected chi connectivity index (χ3v) is 6.53. The number of imide groups is 1. The number of anilines is 2. The van der Waals surface area contributed by atoms with Crippen LogP contribution in [-0.2, 0) is 0 Å². The molecule has 194 valence electrons. The van der Waals surface area contributed by atoms with Crippen LogP contribution in [-0.4, -0.2) is 51.6 Å². The standard InChI is InChI=1S/C30H25N5O4/c1-38-22-14-10-20(11-15-22)26-8-4-9-27-32-30(33-35(26)27)31-21-12-16-23(17-13-21)39-19-5-18-34-28(36)24-6-2-3-7-25(24)29(34)37/h2-4,6-17H,5,18-19H2,1H3,(H,31,33). The van der Waals surface area contributed by atoms with Gasteiger partial charge in [0.2, 0.25) is 5.95 Å². The van der Waals surface area contributed by atoms with Gasteiger partial charge < -0.3 is 14.8 Å². The summed E-state index contributed by atoms with van der Waals surface area (Å²) >= 11 is 0. The van der Waals surface area contributed by atoms with Crippen molar-refractivity contribution in [3.8, 4) is 22.8 Å². The van der Waals surface area contributed by atoms with Crippen molar-refractivity contribution < 1.29 is 19.1 Å². The van der Waals surface area contributed by atoms with Crippen LogP contribution in [0.2, 0.25) is 0 Å². The SMILES string of the molecule is COc1ccc(-c2cccc3nc(Nc4ccc(OCCCN5C(=O)c6ccccc6C5=O)cc4)nn23)cc1. The summed E-state index contributed by atoms with van der Waals surface area (Å²) in [5.74, 6) is 1.46. The molecule has 0 radical (unpaired) electrons. The van der Waals surface area contributed by atoms with Crippen LogP contribution in [0.15, 0.2) is 91.0 Å². The van der Waals surface area contributed by atoms with E-state index in [-0.39, 0.29) is 11.8 Å². The first-order valence-electron chi connectivity index (χ1n) is 12.6. The van der Waals surface area contributed by atoms with E-state index in [0.29, 0.717) is 42.4 Å². The Hall–Kier alpha value is -5.18. The van der Waals surface area contributed by atoms with Crippen molar-refractivity contribution in [2.75, 3.05) is 25.6 Å². The van der Waals surface area contributed by atoms with E-state index in [1.54, 1.807) is 35.9 Å². The molecular formula is C30H25N5O4. The average Bonchev–Trinajstić information content (AvgIpc) is 3.50. The molecule has 2 amide bonds. The van der Waals surface area contributed by atoms with E-state index < -0.39 is 0 Å². The van der Waals surface area contributed by atoms with Crippen molar-refractivity contribution >= 4 is 29.1 Å². The maximum absolute atomic E-state index is 12.5. The molecule has 5 aromatic rings. The molecule has 1 aliphatic heterocycles. The summed E-state index contributed by atoms with van der Waals surface area (Å²) in [6, 6.07) is 28.0. The second-order valence-corrected chi connectivity index (χ2v) is 9.00. The molecule has 1 aliphatic rings. The number of hydrogen-bond donors (Lipinski definition) is 1. The number of carbonyl (C=O) groups is 2. The van der Waals surface area contributed by atoms with Gasteiger partial charge in [-0.1, -0.05) is 18.2 Å². The first-order chi connectivity index (χ1) is 19.1. The Bertz CT molecular complexity index is 1630. The molecule has 6 rings (SSSR count). The summed E-state index contributed by atoms with van der Waals surface area (Å²) in [5, 5.41) is 7.89. The lowest BCUT2D eigenvalue weighted by Gasteiger charge is -2.14. The van der Waals surface area contributed by atoms with Crippen LogP contribution in [0, 0.1) is 0 Å². The Labute approximate surface area is 224 Å². The Balaban J connectivity index is 1.05. The van der Waals surface area contributed by atoms with Gasteiger partial charge in [-0.15, -0.1) is 5.10 Å². The van der Waals surface area contributed by atoms with Crippen LogP contribution >= 0.6 is 0 Å². The monoisotopic (exact) mass is 519 g/mol. The van der Waals surface area contributed by atoms with Crippen molar-refractivity contribution in [2.24, 2.45) is 0 Å². The summed E-state index contributed by atoms with van der Waals surface area (Å²) < 4.78 is 12.9. The molecule has 2 aromatic heterocycles. The van der Waals surface area contributed by atoms with Gasteiger partial charge in [0.15, 0.2) is 5.65 Å². The minimum absolute atomic E-state index is 0.247. The first-order valence-corrected chi connectivity index (χ1v) is 12.6. The van der Waals surface area contributed by atoms with Crippen LogP contribution in [0.3, 0.4) is 0 Å². The quantitative estimate of drug-likeness (QED) is 0.211. The highest BCUT2D eigenvalue weighted by molar-refractivity contribution is 6.21. The number of aromatic nitrogens is 3. The summed E-state index contributed by atoms with van der Waals surface area (Å²) in [7, 11) is 1.64. The van der Waals surface area contributed by atoms with Gasteiger partial charge in [-0.3, -0.25) is 14.5 Å². The van der Waals surface area contributed by atoms with Crippen molar-refractivity contribution in [1.82, 2.24) is 19.5 Å². The molecule has 1 N–H and O–H groups in total. The molecule has 9 heteroatoms. The highest BCUT2D eigenvalue weighted by atomic mass is 16.5. The highest BCUT2D eigenvalue weighted by Crippen LogP contribution is 2.25. The second kappa shape index (κ2) is 10.3. The van der Waals surface area contributed by atoms with Gasteiger partial charge >= 0.3 is 0 Å². The lowest BCUT2D eigenvalue weighted by Crippen LogP contribution is -2.31. The summed E-state index contributed by atoms with van der Waals surface area (Å²) in [4.78, 5) is 30.8. The average molecular weight is 520 g/mol. The second-order valence-electron chi connectivity index (χ2n) is 9.00. The zero-order chi connectivity index (χ0) is 26.8. The Morgan fingerprint density at radius 1 is 0.795 bits per heavy atom. The topological polar surface area (TPSA) is 98.1 Å². The molecule has 0 fully saturated rings. The van der Waals surface area contributed by atoms with E-state index in [9.17, 15) is 9.59 Å². The lowest BCUT2D eigenvalue weighted by atomic mass is 10.1. The number of ether oxygens (including phenoxy) is 2. The fourth-order valence-corrected chi connectivity index (χ4v) is 4.56. The van der Waals surface area contributed by atoms with Gasteiger partial charge in [0, 0.05) is 17.8 Å². The molecule has 0 aliphatic carbocycles. The predicted octanol–water partition coefficient (Wildman–Crippen LogP) is 5.21. The predicted molar refractivity (Wildman–Crippen MR) is 147 cm³/mol. The molecule has 3 heterocycles. The van der Waals surface area contributed by atoms with E-state index in [0.717, 1.165) is 28.3 Å². The van der Waals surface area contributed by atoms with Gasteiger partial charge in [-0.05, 0) is 79.2 Å². The van der Waals surface area contributed by atoms with Gasteiger partial charge in [0.1, 0.15) is 11.5 Å². The number of fused-ring (bicyclic) bond motifs is 2. The normalized spacial score (nSPS) is 12.6. The largest absolute Gasteiger partial charge is 0.497 e. The molecule has 9 nitrogen and oxygen atoms in total. The molecule has 0 atom stereocenters. The third kappa shape index (κ3) is 4.77. The van der Waals surface area contributed by atoms with Gasteiger partial charge in [0.05, 0.1) is 30.5 Å². The number of nitrogens with zero attached hydrogens (tertiary/aromatic N) is 4. The Morgan fingerprint density at radius 2 is 1.49 bits per heavy atom. The fraction of sp³-hybridized carbons (Fsp3) is 0.133. The number of amides is 2. The van der Waals surface area contributed by atoms with Crippen molar-refractivity contribution in [3.63, 3.8) is 0 Å². The molecule has 0 spiro atoms. The Kier molecular flexibility index (Phi) is 6.38. The maximum Gasteiger partial charge on any atom is 0.261 e. The van der Waals surface area contributed by atoms with Gasteiger partial charge in [0.25, 0.3) is 11.8 Å². The van der Waals surface area contributed by atoms with E-state index in [4.69, 9.17) is 9.47 Å². The van der Waals surface area contributed by atoms with Crippen LogP contribution in [0.4, 0.5) is 11.6 Å². The number of carbonyl (C=O) groups excluding carboxylic acids is 2. The van der Waals surface area contributed by atoms with E-state index >= 15 is 0 Å². The zero-order valence-electron chi connectivity index (χ0n) is 21.2. The minimum atomic E-state index is -0.247. The number of rotatable bonds is 9. The summed E-state index contributed by atoms with van der Waals surface area (Å²) in [6.45, 7) is 0.687. The molecule has 0 bridgehead atoms. The number of hydrogen-bond acceptors (Lipinski definition) is 7. The van der Waals surface area contributed by atoms with E-state index in [2.05, 4.69) is 15.4 Å². The zero-order valence-corrected chi connectivity index (χ0v) is 21.2. The first kappa shape index (κ1) is 24.2. The van der Waals surface area contributed by atoms with Crippen molar-refractivity contribution in [1.29, 1.82) is 0 Å². The maximum atomic E-state index is 12.5. The number of pyridine rings is 1. The minimum Gasteiger partial charge on any atom is -0.497 e. The van der Waals surface area contributed by atoms with Crippen molar-refractivity contribution in [2.45, 2.75) is 6.42 Å². The molecule has 0 saturated carbocycles. The number of nitrogens with one attached hydrogen (secondary N) is 1. The molecule has 0 unspecified atom stereocenters. The van der Waals surface area contributed by atoms with Gasteiger partial charge in [-0.2, -0.15) is 4.98 Å². The molecule has 39 heavy (non-hydrogen) atoms. The molecular weight excluding hydrogens is 494 g/mol. The molecule has 3 aromatic carbocycles. The van der Waals surface area contributed by atoms with Crippen LogP contribution in [0.5, 0.6) is 11.5 Å². The Morgan fingerprint density at radius 3 is 2.18 bits per heavy atom. The van der Waals surface area contributed by atoms with Crippen LogP contribution in [0.1, 0.15) is 27.1 Å². The summed E-state index contributed by atoms with van der Waals surface area (Å²) in [5.41, 5.74) is 4.38. The van der Waals surface area contributed by atoms with Crippen molar-refractivity contribution in [3.05, 3.63) is 102 Å². The van der Waals surface area contributed by atoms with Gasteiger partial charge in [-0.25, -0.2) is 4.52 Å². The van der Waals surface area contributed by atoms with E-state index in [1.807, 2.05) is 66.7 Å². The summed E-state index contributed by atoms with van der Waals surface area (Å²) in [6.07, 6.45) is 0.535. The highest BCUT2D eigenvalue weighted by Gasteiger charge is 2.34. The molecule has 0 saturated heterocycles. The third-order valence-electron chi connectivity index (χ3n) is 6.53. The fourth-order valence-electron chi connectivity index (χ4n) is 4.56. The van der Waals surface area contributed by atoms with E-state index in [1.165, 1.54) is 4.90 Å². The smallest absolute Gasteiger partial charge is 0.261 e. The number of methoxy groups -OCH3 is 1.